The van der Waals surface area contributed by atoms with Gasteiger partial charge in [0.25, 0.3) is 0 Å². The molecule has 0 aromatic rings. The highest BCUT2D eigenvalue weighted by Crippen LogP contribution is 2.32. The predicted octanol–water partition coefficient (Wildman–Crippen LogP) is 2.20. The Balaban J connectivity index is 1.83. The lowest BCUT2D eigenvalue weighted by molar-refractivity contribution is 0.170. The number of rotatable bonds is 4. The van der Waals surface area contributed by atoms with Crippen LogP contribution in [0.4, 0.5) is 0 Å². The number of nitrogens with zero attached hydrogens (tertiary/aromatic N) is 1. The molecule has 0 aromatic carbocycles. The molecule has 3 atom stereocenters. The molecule has 16 heavy (non-hydrogen) atoms. The van der Waals surface area contributed by atoms with E-state index in [4.69, 9.17) is 0 Å². The minimum absolute atomic E-state index is 0.427. The number of nitrogens with one attached hydrogen (secondary N) is 1. The summed E-state index contributed by atoms with van der Waals surface area (Å²) >= 11 is 2.11. The first-order valence-electron chi connectivity index (χ1n) is 6.61. The Morgan fingerprint density at radius 1 is 1.38 bits per heavy atom. The summed E-state index contributed by atoms with van der Waals surface area (Å²) in [6.45, 7) is 3.57. The highest BCUT2D eigenvalue weighted by Gasteiger charge is 2.37. The van der Waals surface area contributed by atoms with E-state index in [2.05, 4.69) is 43.0 Å². The van der Waals surface area contributed by atoms with E-state index >= 15 is 0 Å². The molecule has 1 saturated heterocycles. The Bertz CT molecular complexity index is 224. The van der Waals surface area contributed by atoms with Crippen LogP contribution in [0.2, 0.25) is 0 Å². The maximum absolute atomic E-state index is 3.82. The molecule has 2 rings (SSSR count). The van der Waals surface area contributed by atoms with E-state index in [0.717, 1.165) is 12.0 Å². The van der Waals surface area contributed by atoms with Gasteiger partial charge in [0, 0.05) is 23.9 Å². The van der Waals surface area contributed by atoms with Gasteiger partial charge in [0.1, 0.15) is 0 Å². The largest absolute Gasteiger partial charge is 0.312 e. The maximum Gasteiger partial charge on any atom is 0.0425 e. The topological polar surface area (TPSA) is 15.3 Å². The zero-order valence-electron chi connectivity index (χ0n) is 11.0. The molecule has 0 aromatic heterocycles. The van der Waals surface area contributed by atoms with E-state index in [1.54, 1.807) is 0 Å². The molecule has 1 aliphatic heterocycles. The van der Waals surface area contributed by atoms with Crippen LogP contribution in [-0.4, -0.2) is 48.6 Å². The Labute approximate surface area is 105 Å². The minimum Gasteiger partial charge on any atom is -0.312 e. The fourth-order valence-corrected chi connectivity index (χ4v) is 4.53. The molecule has 0 bridgehead atoms. The van der Waals surface area contributed by atoms with Crippen molar-refractivity contribution in [2.24, 2.45) is 5.92 Å². The molecule has 0 spiro atoms. The van der Waals surface area contributed by atoms with Crippen molar-refractivity contribution < 1.29 is 0 Å². The minimum atomic E-state index is 0.427. The third kappa shape index (κ3) is 2.74. The molecule has 0 radical (unpaired) electrons. The van der Waals surface area contributed by atoms with Gasteiger partial charge in [-0.1, -0.05) is 6.92 Å². The monoisotopic (exact) mass is 242 g/mol. The molecule has 1 N–H and O–H groups in total. The molecule has 3 unspecified atom stereocenters. The SMILES string of the molecule is CC1CCC(NCC2(N(C)C)CCSC2)C1. The summed E-state index contributed by atoms with van der Waals surface area (Å²) in [5, 5.41) is 3.82. The summed E-state index contributed by atoms with van der Waals surface area (Å²) in [7, 11) is 4.48. The smallest absolute Gasteiger partial charge is 0.0425 e. The van der Waals surface area contributed by atoms with Crippen LogP contribution in [0, 0.1) is 5.92 Å². The van der Waals surface area contributed by atoms with Crippen LogP contribution in [0.15, 0.2) is 0 Å². The first-order valence-corrected chi connectivity index (χ1v) is 7.76. The molecule has 0 amide bonds. The lowest BCUT2D eigenvalue weighted by Gasteiger charge is -2.37. The van der Waals surface area contributed by atoms with Crippen molar-refractivity contribution in [3.63, 3.8) is 0 Å². The summed E-state index contributed by atoms with van der Waals surface area (Å²) in [6, 6.07) is 0.789. The van der Waals surface area contributed by atoms with Gasteiger partial charge in [0.15, 0.2) is 0 Å². The van der Waals surface area contributed by atoms with E-state index in [1.165, 1.54) is 43.7 Å². The number of thioether (sulfide) groups is 1. The zero-order chi connectivity index (χ0) is 11.6. The number of hydrogen-bond acceptors (Lipinski definition) is 3. The van der Waals surface area contributed by atoms with Gasteiger partial charge in [0.2, 0.25) is 0 Å². The van der Waals surface area contributed by atoms with Crippen molar-refractivity contribution in [2.75, 3.05) is 32.1 Å². The zero-order valence-corrected chi connectivity index (χ0v) is 11.8. The van der Waals surface area contributed by atoms with E-state index in [0.29, 0.717) is 5.54 Å². The van der Waals surface area contributed by atoms with Gasteiger partial charge in [-0.25, -0.2) is 0 Å². The maximum atomic E-state index is 3.82. The molecule has 1 heterocycles. The van der Waals surface area contributed by atoms with Crippen LogP contribution in [-0.2, 0) is 0 Å². The quantitative estimate of drug-likeness (QED) is 0.814. The van der Waals surface area contributed by atoms with Crippen molar-refractivity contribution in [3.8, 4) is 0 Å². The van der Waals surface area contributed by atoms with Gasteiger partial charge in [0.05, 0.1) is 0 Å². The molecule has 2 fully saturated rings. The Morgan fingerprint density at radius 2 is 2.19 bits per heavy atom. The summed E-state index contributed by atoms with van der Waals surface area (Å²) in [5.41, 5.74) is 0.427. The van der Waals surface area contributed by atoms with E-state index < -0.39 is 0 Å². The van der Waals surface area contributed by atoms with Crippen molar-refractivity contribution >= 4 is 11.8 Å². The molecule has 94 valence electrons. The van der Waals surface area contributed by atoms with Crippen LogP contribution >= 0.6 is 11.8 Å². The molecular formula is C13H26N2S. The first kappa shape index (κ1) is 12.7. The molecule has 1 aliphatic carbocycles. The fourth-order valence-electron chi connectivity index (χ4n) is 2.97. The van der Waals surface area contributed by atoms with Gasteiger partial charge >= 0.3 is 0 Å². The lowest BCUT2D eigenvalue weighted by atomic mass is 9.97. The fraction of sp³-hybridized carbons (Fsp3) is 1.00. The van der Waals surface area contributed by atoms with Gasteiger partial charge in [-0.05, 0) is 51.4 Å². The van der Waals surface area contributed by atoms with E-state index in [9.17, 15) is 0 Å². The normalized spacial score (nSPS) is 39.8. The van der Waals surface area contributed by atoms with Gasteiger partial charge in [-0.2, -0.15) is 11.8 Å². The average molecular weight is 242 g/mol. The van der Waals surface area contributed by atoms with Crippen molar-refractivity contribution in [2.45, 2.75) is 44.2 Å². The van der Waals surface area contributed by atoms with Crippen LogP contribution < -0.4 is 5.32 Å². The summed E-state index contributed by atoms with van der Waals surface area (Å²) in [6.07, 6.45) is 5.54. The summed E-state index contributed by atoms with van der Waals surface area (Å²) in [5.74, 6) is 3.57. The Morgan fingerprint density at radius 3 is 2.69 bits per heavy atom. The van der Waals surface area contributed by atoms with E-state index in [1.807, 2.05) is 0 Å². The second-order valence-electron chi connectivity index (χ2n) is 5.92. The Hall–Kier alpha value is 0.270. The summed E-state index contributed by atoms with van der Waals surface area (Å²) in [4.78, 5) is 2.44. The Kier molecular flexibility index (Phi) is 4.20. The molecule has 2 aliphatic rings. The summed E-state index contributed by atoms with van der Waals surface area (Å²) < 4.78 is 0. The lowest BCUT2D eigenvalue weighted by Crippen LogP contribution is -2.53. The second-order valence-corrected chi connectivity index (χ2v) is 7.02. The van der Waals surface area contributed by atoms with Gasteiger partial charge in [-0.15, -0.1) is 0 Å². The van der Waals surface area contributed by atoms with E-state index in [-0.39, 0.29) is 0 Å². The molecular weight excluding hydrogens is 216 g/mol. The standard InChI is InChI=1S/C13H26N2S/c1-11-4-5-12(8-11)14-9-13(15(2)3)6-7-16-10-13/h11-12,14H,4-10H2,1-3H3. The number of likely N-dealkylation sites (N-methyl/N-ethyl adjacent to an activating group) is 1. The highest BCUT2D eigenvalue weighted by molar-refractivity contribution is 7.99. The van der Waals surface area contributed by atoms with Gasteiger partial charge < -0.3 is 10.2 Å². The predicted molar refractivity (Wildman–Crippen MR) is 73.2 cm³/mol. The molecule has 3 heteroatoms. The first-order chi connectivity index (χ1) is 7.62. The number of hydrogen-bond donors (Lipinski definition) is 1. The van der Waals surface area contributed by atoms with Crippen LogP contribution in [0.25, 0.3) is 0 Å². The third-order valence-corrected chi connectivity index (χ3v) is 5.68. The van der Waals surface area contributed by atoms with Crippen LogP contribution in [0.5, 0.6) is 0 Å². The third-order valence-electron chi connectivity index (χ3n) is 4.45. The molecule has 2 nitrogen and oxygen atoms in total. The van der Waals surface area contributed by atoms with Crippen molar-refractivity contribution in [3.05, 3.63) is 0 Å². The second kappa shape index (κ2) is 5.28. The van der Waals surface area contributed by atoms with Crippen molar-refractivity contribution in [1.82, 2.24) is 10.2 Å². The van der Waals surface area contributed by atoms with Crippen LogP contribution in [0.3, 0.4) is 0 Å². The molecule has 1 saturated carbocycles. The van der Waals surface area contributed by atoms with Crippen LogP contribution in [0.1, 0.15) is 32.6 Å². The van der Waals surface area contributed by atoms with Crippen molar-refractivity contribution in [1.29, 1.82) is 0 Å². The van der Waals surface area contributed by atoms with Gasteiger partial charge in [-0.3, -0.25) is 0 Å². The highest BCUT2D eigenvalue weighted by atomic mass is 32.2. The average Bonchev–Trinajstić information content (AvgIpc) is 2.84.